The highest BCUT2D eigenvalue weighted by Crippen LogP contribution is 2.36. The Kier molecular flexibility index (Phi) is 2.99. The number of hydrogen-bond donors (Lipinski definition) is 0. The van der Waals surface area contributed by atoms with Gasteiger partial charge >= 0.3 is 0 Å². The van der Waals surface area contributed by atoms with E-state index >= 15 is 0 Å². The maximum Gasteiger partial charge on any atom is 0.0951 e. The van der Waals surface area contributed by atoms with Gasteiger partial charge < -0.3 is 4.57 Å². The summed E-state index contributed by atoms with van der Waals surface area (Å²) in [6.07, 6.45) is 5.69. The van der Waals surface area contributed by atoms with E-state index in [1.165, 1.54) is 25.0 Å². The number of halogens is 1. The predicted molar refractivity (Wildman–Crippen MR) is 80.3 cm³/mol. The van der Waals surface area contributed by atoms with E-state index < -0.39 is 0 Å². The fourth-order valence-corrected chi connectivity index (χ4v) is 3.86. The third-order valence-corrected chi connectivity index (χ3v) is 5.48. The Bertz CT molecular complexity index is 685. The number of fused-ring (bicyclic) bond motifs is 1. The molecule has 1 unspecified atom stereocenters. The molecule has 0 aliphatic rings. The van der Waals surface area contributed by atoms with E-state index in [9.17, 15) is 0 Å². The molecule has 0 radical (unpaired) electrons. The van der Waals surface area contributed by atoms with Crippen LogP contribution in [0, 0.1) is 6.92 Å². The summed E-state index contributed by atoms with van der Waals surface area (Å²) in [5.74, 6) is 0. The Balaban J connectivity index is 2.08. The molecular formula is C14H13BrN2S. The molecule has 0 N–H and O–H groups in total. The van der Waals surface area contributed by atoms with Crippen LogP contribution in [0.4, 0.5) is 0 Å². The lowest BCUT2D eigenvalue weighted by Crippen LogP contribution is -2.03. The second-order valence-electron chi connectivity index (χ2n) is 4.44. The predicted octanol–water partition coefficient (Wildman–Crippen LogP) is 4.78. The molecule has 3 rings (SSSR count). The summed E-state index contributed by atoms with van der Waals surface area (Å²) < 4.78 is 4.69. The molecule has 18 heavy (non-hydrogen) atoms. The van der Waals surface area contributed by atoms with Crippen molar-refractivity contribution in [2.75, 3.05) is 0 Å². The number of rotatable bonds is 2. The molecule has 0 amide bonds. The van der Waals surface area contributed by atoms with Crippen molar-refractivity contribution in [3.05, 3.63) is 51.8 Å². The topological polar surface area (TPSA) is 17.8 Å². The van der Waals surface area contributed by atoms with E-state index in [1.807, 2.05) is 18.7 Å². The van der Waals surface area contributed by atoms with Crippen molar-refractivity contribution in [3.63, 3.8) is 0 Å². The lowest BCUT2D eigenvalue weighted by molar-refractivity contribution is 0.639. The molecule has 0 saturated carbocycles. The van der Waals surface area contributed by atoms with E-state index in [0.717, 1.165) is 0 Å². The van der Waals surface area contributed by atoms with E-state index in [0.29, 0.717) is 6.04 Å². The Labute approximate surface area is 118 Å². The van der Waals surface area contributed by atoms with Crippen molar-refractivity contribution in [2.24, 2.45) is 0 Å². The van der Waals surface area contributed by atoms with Gasteiger partial charge in [0.2, 0.25) is 0 Å². The zero-order valence-corrected chi connectivity index (χ0v) is 12.6. The normalized spacial score (nSPS) is 13.1. The monoisotopic (exact) mass is 320 g/mol. The van der Waals surface area contributed by atoms with Crippen LogP contribution in [0.1, 0.15) is 24.1 Å². The van der Waals surface area contributed by atoms with Crippen molar-refractivity contribution in [1.29, 1.82) is 0 Å². The van der Waals surface area contributed by atoms with Crippen LogP contribution >= 0.6 is 27.3 Å². The highest BCUT2D eigenvalue weighted by molar-refractivity contribution is 9.11. The molecular weight excluding hydrogens is 308 g/mol. The standard InChI is InChI=1S/C14H13BrN2S/c1-9-12-4-3-11(7-13(12)18-14(9)15)10(2)17-6-5-16-8-17/h3-8,10H,1-2H3. The minimum Gasteiger partial charge on any atom is -0.330 e. The van der Waals surface area contributed by atoms with Crippen LogP contribution in [0.5, 0.6) is 0 Å². The Morgan fingerprint density at radius 3 is 2.94 bits per heavy atom. The van der Waals surface area contributed by atoms with Gasteiger partial charge in [-0.25, -0.2) is 4.98 Å². The van der Waals surface area contributed by atoms with E-state index in [-0.39, 0.29) is 0 Å². The fourth-order valence-electron chi connectivity index (χ4n) is 2.14. The van der Waals surface area contributed by atoms with Gasteiger partial charge in [-0.2, -0.15) is 0 Å². The van der Waals surface area contributed by atoms with Gasteiger partial charge in [0, 0.05) is 17.1 Å². The minimum atomic E-state index is 0.318. The average molecular weight is 321 g/mol. The molecule has 4 heteroatoms. The number of benzene rings is 1. The molecule has 3 aromatic rings. The first-order valence-corrected chi connectivity index (χ1v) is 7.44. The smallest absolute Gasteiger partial charge is 0.0951 e. The molecule has 0 aliphatic carbocycles. The second-order valence-corrected chi connectivity index (χ2v) is 6.81. The number of thiophene rings is 1. The maximum absolute atomic E-state index is 4.11. The lowest BCUT2D eigenvalue weighted by Gasteiger charge is -2.13. The second kappa shape index (κ2) is 4.52. The molecule has 0 fully saturated rings. The van der Waals surface area contributed by atoms with Gasteiger partial charge in [-0.3, -0.25) is 0 Å². The molecule has 0 saturated heterocycles. The van der Waals surface area contributed by atoms with Gasteiger partial charge in [0.15, 0.2) is 0 Å². The molecule has 0 spiro atoms. The maximum atomic E-state index is 4.11. The lowest BCUT2D eigenvalue weighted by atomic mass is 10.1. The van der Waals surface area contributed by atoms with Crippen LogP contribution in [0.25, 0.3) is 10.1 Å². The number of aromatic nitrogens is 2. The van der Waals surface area contributed by atoms with Crippen molar-refractivity contribution >= 4 is 37.4 Å². The zero-order valence-electron chi connectivity index (χ0n) is 10.2. The zero-order chi connectivity index (χ0) is 12.7. The summed E-state index contributed by atoms with van der Waals surface area (Å²) >= 11 is 5.41. The van der Waals surface area contributed by atoms with E-state index in [4.69, 9.17) is 0 Å². The van der Waals surface area contributed by atoms with Crippen molar-refractivity contribution in [3.8, 4) is 0 Å². The SMILES string of the molecule is Cc1c(Br)sc2cc(C(C)n3ccnc3)ccc12. The summed E-state index contributed by atoms with van der Waals surface area (Å²) in [6.45, 7) is 4.35. The quantitative estimate of drug-likeness (QED) is 0.664. The molecule has 0 bridgehead atoms. The number of hydrogen-bond acceptors (Lipinski definition) is 2. The average Bonchev–Trinajstić information content (AvgIpc) is 2.98. The van der Waals surface area contributed by atoms with Gasteiger partial charge in [0.05, 0.1) is 16.2 Å². The number of nitrogens with zero attached hydrogens (tertiary/aromatic N) is 2. The van der Waals surface area contributed by atoms with Gasteiger partial charge in [-0.1, -0.05) is 12.1 Å². The molecule has 2 nitrogen and oxygen atoms in total. The molecule has 1 aromatic carbocycles. The fraction of sp³-hybridized carbons (Fsp3) is 0.214. The summed E-state index contributed by atoms with van der Waals surface area (Å²) in [6, 6.07) is 7.02. The van der Waals surface area contributed by atoms with Crippen molar-refractivity contribution < 1.29 is 0 Å². The molecule has 2 heterocycles. The van der Waals surface area contributed by atoms with Crippen LogP contribution in [0.15, 0.2) is 40.7 Å². The van der Waals surface area contributed by atoms with Crippen LogP contribution < -0.4 is 0 Å². The summed E-state index contributed by atoms with van der Waals surface area (Å²) in [5.41, 5.74) is 2.64. The van der Waals surface area contributed by atoms with Gasteiger partial charge in [-0.15, -0.1) is 11.3 Å². The van der Waals surface area contributed by atoms with Crippen molar-refractivity contribution in [1.82, 2.24) is 9.55 Å². The molecule has 1 atom stereocenters. The highest BCUT2D eigenvalue weighted by atomic mass is 79.9. The third kappa shape index (κ3) is 1.89. The first-order chi connectivity index (χ1) is 8.66. The summed E-state index contributed by atoms with van der Waals surface area (Å²) in [4.78, 5) is 4.11. The van der Waals surface area contributed by atoms with Crippen LogP contribution in [0.3, 0.4) is 0 Å². The summed E-state index contributed by atoms with van der Waals surface area (Å²) in [5, 5.41) is 1.34. The Morgan fingerprint density at radius 1 is 1.39 bits per heavy atom. The van der Waals surface area contributed by atoms with Gasteiger partial charge in [0.1, 0.15) is 0 Å². The largest absolute Gasteiger partial charge is 0.330 e. The highest BCUT2D eigenvalue weighted by Gasteiger charge is 2.11. The minimum absolute atomic E-state index is 0.318. The number of imidazole rings is 1. The van der Waals surface area contributed by atoms with Crippen molar-refractivity contribution in [2.45, 2.75) is 19.9 Å². The van der Waals surface area contributed by atoms with Gasteiger partial charge in [0.25, 0.3) is 0 Å². The van der Waals surface area contributed by atoms with Gasteiger partial charge in [-0.05, 0) is 52.4 Å². The Hall–Kier alpha value is -1.13. The first-order valence-electron chi connectivity index (χ1n) is 5.83. The number of aryl methyl sites for hydroxylation is 1. The summed E-state index contributed by atoms with van der Waals surface area (Å²) in [7, 11) is 0. The van der Waals surface area contributed by atoms with Crippen LogP contribution in [0.2, 0.25) is 0 Å². The van der Waals surface area contributed by atoms with Crippen LogP contribution in [-0.4, -0.2) is 9.55 Å². The molecule has 0 aliphatic heterocycles. The Morgan fingerprint density at radius 2 is 2.22 bits per heavy atom. The first kappa shape index (κ1) is 11.9. The molecule has 2 aromatic heterocycles. The third-order valence-electron chi connectivity index (χ3n) is 3.36. The van der Waals surface area contributed by atoms with E-state index in [2.05, 4.69) is 57.5 Å². The molecule has 92 valence electrons. The van der Waals surface area contributed by atoms with Crippen LogP contribution in [-0.2, 0) is 0 Å². The van der Waals surface area contributed by atoms with E-state index in [1.54, 1.807) is 11.3 Å².